The van der Waals surface area contributed by atoms with Gasteiger partial charge >= 0.3 is 11.9 Å². The standard InChI is InChI=1S/C17H30O5/c1-5-6-7-8-9-10-11-21-16(18)12-14(2)17(19)22-15(3)13-20-4/h15H,2,5-13H2,1,3-4H3. The summed E-state index contributed by atoms with van der Waals surface area (Å²) in [4.78, 5) is 23.2. The molecule has 0 amide bonds. The molecule has 5 heteroatoms. The highest BCUT2D eigenvalue weighted by Gasteiger charge is 2.16. The molecule has 1 unspecified atom stereocenters. The first kappa shape index (κ1) is 20.6. The Labute approximate surface area is 134 Å². The minimum atomic E-state index is -0.582. The molecule has 0 aromatic heterocycles. The van der Waals surface area contributed by atoms with Crippen LogP contribution in [0.5, 0.6) is 0 Å². The highest BCUT2D eigenvalue weighted by Crippen LogP contribution is 2.08. The molecule has 0 aromatic rings. The van der Waals surface area contributed by atoms with E-state index in [1.807, 2.05) is 0 Å². The van der Waals surface area contributed by atoms with Gasteiger partial charge in [-0.3, -0.25) is 4.79 Å². The van der Waals surface area contributed by atoms with Crippen molar-refractivity contribution in [1.29, 1.82) is 0 Å². The molecule has 0 saturated heterocycles. The number of unbranched alkanes of at least 4 members (excludes halogenated alkanes) is 5. The molecule has 128 valence electrons. The third kappa shape index (κ3) is 11.3. The number of carbonyl (C=O) groups is 2. The predicted octanol–water partition coefficient (Wildman–Crippen LogP) is 3.41. The molecular weight excluding hydrogens is 284 g/mol. The van der Waals surface area contributed by atoms with Gasteiger partial charge in [-0.05, 0) is 13.3 Å². The molecule has 0 rings (SSSR count). The molecular formula is C17H30O5. The van der Waals surface area contributed by atoms with Crippen LogP contribution in [0.3, 0.4) is 0 Å². The quantitative estimate of drug-likeness (QED) is 0.296. The summed E-state index contributed by atoms with van der Waals surface area (Å²) >= 11 is 0. The summed E-state index contributed by atoms with van der Waals surface area (Å²) < 4.78 is 15.0. The summed E-state index contributed by atoms with van der Waals surface area (Å²) in [7, 11) is 1.53. The van der Waals surface area contributed by atoms with Gasteiger partial charge in [0.15, 0.2) is 0 Å². The second-order valence-electron chi connectivity index (χ2n) is 5.44. The van der Waals surface area contributed by atoms with E-state index in [4.69, 9.17) is 14.2 Å². The van der Waals surface area contributed by atoms with Crippen LogP contribution in [0.1, 0.15) is 58.8 Å². The van der Waals surface area contributed by atoms with Crippen LogP contribution in [0.15, 0.2) is 12.2 Å². The smallest absolute Gasteiger partial charge is 0.334 e. The normalized spacial score (nSPS) is 11.8. The molecule has 0 aliphatic rings. The molecule has 0 fully saturated rings. The van der Waals surface area contributed by atoms with Gasteiger partial charge < -0.3 is 14.2 Å². The van der Waals surface area contributed by atoms with Crippen LogP contribution in [0.2, 0.25) is 0 Å². The van der Waals surface area contributed by atoms with Crippen LogP contribution in [0.25, 0.3) is 0 Å². The maximum Gasteiger partial charge on any atom is 0.334 e. The fourth-order valence-corrected chi connectivity index (χ4v) is 1.90. The van der Waals surface area contributed by atoms with E-state index in [-0.39, 0.29) is 18.1 Å². The number of carbonyl (C=O) groups excluding carboxylic acids is 2. The average Bonchev–Trinajstić information content (AvgIpc) is 2.46. The number of hydrogen-bond donors (Lipinski definition) is 0. The van der Waals surface area contributed by atoms with Crippen molar-refractivity contribution in [3.63, 3.8) is 0 Å². The van der Waals surface area contributed by atoms with Crippen LogP contribution in [-0.2, 0) is 23.8 Å². The highest BCUT2D eigenvalue weighted by atomic mass is 16.6. The minimum absolute atomic E-state index is 0.107. The van der Waals surface area contributed by atoms with E-state index in [2.05, 4.69) is 13.5 Å². The largest absolute Gasteiger partial charge is 0.465 e. The van der Waals surface area contributed by atoms with E-state index in [0.717, 1.165) is 12.8 Å². The van der Waals surface area contributed by atoms with Crippen molar-refractivity contribution in [2.24, 2.45) is 0 Å². The van der Waals surface area contributed by atoms with Gasteiger partial charge in [-0.15, -0.1) is 0 Å². The van der Waals surface area contributed by atoms with Crippen molar-refractivity contribution in [2.45, 2.75) is 64.9 Å². The van der Waals surface area contributed by atoms with Crippen LogP contribution >= 0.6 is 0 Å². The summed E-state index contributed by atoms with van der Waals surface area (Å²) in [6.07, 6.45) is 6.29. The molecule has 5 nitrogen and oxygen atoms in total. The van der Waals surface area contributed by atoms with E-state index < -0.39 is 11.9 Å². The van der Waals surface area contributed by atoms with Crippen LogP contribution in [0.4, 0.5) is 0 Å². The molecule has 0 spiro atoms. The maximum absolute atomic E-state index is 11.7. The Morgan fingerprint density at radius 3 is 2.36 bits per heavy atom. The second-order valence-corrected chi connectivity index (χ2v) is 5.44. The molecule has 0 aliphatic carbocycles. The number of esters is 2. The average molecular weight is 314 g/mol. The summed E-state index contributed by atoms with van der Waals surface area (Å²) in [5, 5.41) is 0. The molecule has 0 saturated carbocycles. The van der Waals surface area contributed by atoms with Crippen molar-refractivity contribution >= 4 is 11.9 Å². The third-order valence-corrected chi connectivity index (χ3v) is 3.12. The first-order valence-electron chi connectivity index (χ1n) is 8.04. The molecule has 0 aromatic carbocycles. The summed E-state index contributed by atoms with van der Waals surface area (Å²) in [5.41, 5.74) is 0.107. The number of methoxy groups -OCH3 is 1. The number of hydrogen-bond acceptors (Lipinski definition) is 5. The highest BCUT2D eigenvalue weighted by molar-refractivity contribution is 5.93. The van der Waals surface area contributed by atoms with Crippen LogP contribution < -0.4 is 0 Å². The Hall–Kier alpha value is -1.36. The Bertz CT molecular complexity index is 338. The van der Waals surface area contributed by atoms with E-state index in [9.17, 15) is 9.59 Å². The van der Waals surface area contributed by atoms with Crippen molar-refractivity contribution in [3.8, 4) is 0 Å². The van der Waals surface area contributed by atoms with Gasteiger partial charge in [0.05, 0.1) is 19.6 Å². The maximum atomic E-state index is 11.7. The molecule has 22 heavy (non-hydrogen) atoms. The second kappa shape index (κ2) is 13.3. The topological polar surface area (TPSA) is 61.8 Å². The zero-order valence-corrected chi connectivity index (χ0v) is 14.2. The third-order valence-electron chi connectivity index (χ3n) is 3.12. The minimum Gasteiger partial charge on any atom is -0.465 e. The summed E-state index contributed by atoms with van der Waals surface area (Å²) in [6.45, 7) is 8.16. The molecule has 0 N–H and O–H groups in total. The zero-order chi connectivity index (χ0) is 16.8. The molecule has 0 heterocycles. The van der Waals surface area contributed by atoms with Crippen molar-refractivity contribution in [3.05, 3.63) is 12.2 Å². The summed E-state index contributed by atoms with van der Waals surface area (Å²) in [6, 6.07) is 0. The van der Waals surface area contributed by atoms with Gasteiger partial charge in [-0.25, -0.2) is 4.79 Å². The first-order valence-corrected chi connectivity index (χ1v) is 8.04. The molecule has 0 bridgehead atoms. The fourth-order valence-electron chi connectivity index (χ4n) is 1.90. The van der Waals surface area contributed by atoms with Gasteiger partial charge in [-0.2, -0.15) is 0 Å². The monoisotopic (exact) mass is 314 g/mol. The Kier molecular flexibility index (Phi) is 12.5. The van der Waals surface area contributed by atoms with Gasteiger partial charge in [0.25, 0.3) is 0 Å². The van der Waals surface area contributed by atoms with E-state index >= 15 is 0 Å². The van der Waals surface area contributed by atoms with E-state index in [1.165, 1.54) is 32.8 Å². The van der Waals surface area contributed by atoms with E-state index in [0.29, 0.717) is 13.2 Å². The number of rotatable bonds is 13. The van der Waals surface area contributed by atoms with Crippen LogP contribution in [0, 0.1) is 0 Å². The Balaban J connectivity index is 3.73. The molecule has 0 radical (unpaired) electrons. The summed E-state index contributed by atoms with van der Waals surface area (Å²) in [5.74, 6) is -1.02. The lowest BCUT2D eigenvalue weighted by atomic mass is 10.1. The Morgan fingerprint density at radius 2 is 1.73 bits per heavy atom. The molecule has 0 aliphatic heterocycles. The van der Waals surface area contributed by atoms with Gasteiger partial charge in [0.2, 0.25) is 0 Å². The first-order chi connectivity index (χ1) is 10.5. The lowest BCUT2D eigenvalue weighted by Crippen LogP contribution is -2.21. The van der Waals surface area contributed by atoms with Crippen molar-refractivity contribution < 1.29 is 23.8 Å². The zero-order valence-electron chi connectivity index (χ0n) is 14.2. The lowest BCUT2D eigenvalue weighted by molar-refractivity contribution is -0.149. The lowest BCUT2D eigenvalue weighted by Gasteiger charge is -2.13. The van der Waals surface area contributed by atoms with Gasteiger partial charge in [0.1, 0.15) is 6.10 Å². The molecule has 1 atom stereocenters. The van der Waals surface area contributed by atoms with Crippen molar-refractivity contribution in [1.82, 2.24) is 0 Å². The van der Waals surface area contributed by atoms with Crippen LogP contribution in [-0.4, -0.2) is 38.4 Å². The van der Waals surface area contributed by atoms with Gasteiger partial charge in [-0.1, -0.05) is 45.6 Å². The predicted molar refractivity (Wildman–Crippen MR) is 85.5 cm³/mol. The Morgan fingerprint density at radius 1 is 1.09 bits per heavy atom. The number of ether oxygens (including phenoxy) is 3. The fraction of sp³-hybridized carbons (Fsp3) is 0.765. The SMILES string of the molecule is C=C(CC(=O)OCCCCCCCC)C(=O)OC(C)COC. The van der Waals surface area contributed by atoms with Gasteiger partial charge in [0, 0.05) is 12.7 Å². The van der Waals surface area contributed by atoms with Crippen molar-refractivity contribution in [2.75, 3.05) is 20.3 Å². The van der Waals surface area contributed by atoms with E-state index in [1.54, 1.807) is 6.92 Å².